The first-order chi connectivity index (χ1) is 11.1. The summed E-state index contributed by atoms with van der Waals surface area (Å²) >= 11 is 0. The number of carbonyl (C=O) groups is 1. The number of carbonyl (C=O) groups excluding carboxylic acids is 1. The topological polar surface area (TPSA) is 58.6 Å². The molecule has 0 spiro atoms. The van der Waals surface area contributed by atoms with Crippen molar-refractivity contribution in [2.75, 3.05) is 0 Å². The third kappa shape index (κ3) is 4.47. The van der Waals surface area contributed by atoms with Crippen LogP contribution in [-0.2, 0) is 11.3 Å². The van der Waals surface area contributed by atoms with E-state index in [1.807, 2.05) is 24.3 Å². The fourth-order valence-corrected chi connectivity index (χ4v) is 3.72. The van der Waals surface area contributed by atoms with Gasteiger partial charge in [0.2, 0.25) is 5.91 Å². The Kier molecular flexibility index (Phi) is 5.21. The van der Waals surface area contributed by atoms with E-state index in [4.69, 9.17) is 4.74 Å². The fraction of sp³-hybridized carbons (Fsp3) is 0.632. The molecule has 0 aliphatic heterocycles. The Morgan fingerprint density at radius 1 is 1.17 bits per heavy atom. The summed E-state index contributed by atoms with van der Waals surface area (Å²) < 4.78 is 6.09. The number of benzene rings is 1. The summed E-state index contributed by atoms with van der Waals surface area (Å²) in [5.41, 5.74) is 0.218. The minimum atomic E-state index is -0.788. The Balaban J connectivity index is 1.54. The molecule has 2 N–H and O–H groups in total. The summed E-state index contributed by atoms with van der Waals surface area (Å²) in [6.07, 6.45) is 8.74. The van der Waals surface area contributed by atoms with Gasteiger partial charge in [-0.1, -0.05) is 31.0 Å². The molecule has 1 aromatic carbocycles. The molecule has 2 fully saturated rings. The molecule has 0 unspecified atom stereocenters. The van der Waals surface area contributed by atoms with Crippen LogP contribution in [0.25, 0.3) is 0 Å². The Morgan fingerprint density at radius 2 is 1.87 bits per heavy atom. The van der Waals surface area contributed by atoms with Crippen molar-refractivity contribution >= 4 is 5.91 Å². The molecule has 0 atom stereocenters. The number of rotatable bonds is 6. The first-order valence-corrected chi connectivity index (χ1v) is 8.88. The fourth-order valence-electron chi connectivity index (χ4n) is 3.72. The van der Waals surface area contributed by atoms with Crippen LogP contribution in [0.15, 0.2) is 24.3 Å². The number of nitrogens with one attached hydrogen (secondary N) is 1. The van der Waals surface area contributed by atoms with Crippen molar-refractivity contribution in [3.05, 3.63) is 29.8 Å². The molecule has 0 bridgehead atoms. The van der Waals surface area contributed by atoms with Crippen molar-refractivity contribution in [3.8, 4) is 5.75 Å². The maximum Gasteiger partial charge on any atom is 0.223 e. The van der Waals surface area contributed by atoms with Crippen LogP contribution < -0.4 is 10.1 Å². The molecule has 1 amide bonds. The lowest BCUT2D eigenvalue weighted by Crippen LogP contribution is -2.34. The van der Waals surface area contributed by atoms with Crippen molar-refractivity contribution in [2.45, 2.75) is 76.0 Å². The number of ether oxygens (including phenoxy) is 1. The monoisotopic (exact) mass is 317 g/mol. The maximum atomic E-state index is 12.1. The summed E-state index contributed by atoms with van der Waals surface area (Å²) in [5, 5.41) is 13.3. The normalized spacial score (nSPS) is 20.6. The number of para-hydroxylation sites is 1. The van der Waals surface area contributed by atoms with Crippen molar-refractivity contribution in [1.82, 2.24) is 5.32 Å². The molecule has 23 heavy (non-hydrogen) atoms. The zero-order chi connectivity index (χ0) is 16.1. The molecule has 3 rings (SSSR count). The molecule has 2 saturated carbocycles. The van der Waals surface area contributed by atoms with Crippen molar-refractivity contribution in [3.63, 3.8) is 0 Å². The van der Waals surface area contributed by atoms with E-state index < -0.39 is 5.60 Å². The largest absolute Gasteiger partial charge is 0.490 e. The van der Waals surface area contributed by atoms with Crippen molar-refractivity contribution < 1.29 is 14.6 Å². The van der Waals surface area contributed by atoms with Crippen molar-refractivity contribution in [1.29, 1.82) is 0 Å². The van der Waals surface area contributed by atoms with Crippen LogP contribution in [0.1, 0.15) is 63.4 Å². The predicted octanol–water partition coefficient (Wildman–Crippen LogP) is 3.32. The molecule has 0 radical (unpaired) electrons. The number of aliphatic hydroxyl groups is 1. The predicted molar refractivity (Wildman–Crippen MR) is 89.2 cm³/mol. The van der Waals surface area contributed by atoms with Gasteiger partial charge in [-0.05, 0) is 44.6 Å². The van der Waals surface area contributed by atoms with Crippen LogP contribution in [0.2, 0.25) is 0 Å². The van der Waals surface area contributed by atoms with Gasteiger partial charge in [-0.3, -0.25) is 4.79 Å². The molecule has 126 valence electrons. The first kappa shape index (κ1) is 16.3. The zero-order valence-corrected chi connectivity index (χ0v) is 13.7. The Morgan fingerprint density at radius 3 is 2.61 bits per heavy atom. The second kappa shape index (κ2) is 7.35. The molecule has 1 aromatic rings. The summed E-state index contributed by atoms with van der Waals surface area (Å²) in [6, 6.07) is 7.91. The molecular weight excluding hydrogens is 290 g/mol. The Labute approximate surface area is 138 Å². The molecule has 0 aromatic heterocycles. The summed E-state index contributed by atoms with van der Waals surface area (Å²) in [7, 11) is 0. The van der Waals surface area contributed by atoms with Gasteiger partial charge in [-0.2, -0.15) is 0 Å². The number of hydrogen-bond donors (Lipinski definition) is 2. The SMILES string of the molecule is O=C(CC1(O)CCCC1)NCc1ccccc1OC1CCCC1. The highest BCUT2D eigenvalue weighted by atomic mass is 16.5. The summed E-state index contributed by atoms with van der Waals surface area (Å²) in [6.45, 7) is 0.456. The van der Waals surface area contributed by atoms with Gasteiger partial charge < -0.3 is 15.2 Å². The van der Waals surface area contributed by atoms with Gasteiger partial charge in [-0.25, -0.2) is 0 Å². The van der Waals surface area contributed by atoms with Crippen molar-refractivity contribution in [2.24, 2.45) is 0 Å². The minimum absolute atomic E-state index is 0.0786. The van der Waals surface area contributed by atoms with Gasteiger partial charge in [0.25, 0.3) is 0 Å². The molecule has 0 saturated heterocycles. The molecule has 4 heteroatoms. The van der Waals surface area contributed by atoms with Crippen LogP contribution in [0.5, 0.6) is 5.75 Å². The molecule has 0 heterocycles. The standard InChI is InChI=1S/C19H27NO3/c21-18(13-19(22)11-5-6-12-19)20-14-15-7-1-4-10-17(15)23-16-8-2-3-9-16/h1,4,7,10,16,22H,2-3,5-6,8-9,11-14H2,(H,20,21). The molecule has 2 aliphatic rings. The van der Waals surface area contributed by atoms with Crippen LogP contribution in [0.3, 0.4) is 0 Å². The van der Waals surface area contributed by atoms with E-state index in [0.717, 1.165) is 49.8 Å². The molecule has 4 nitrogen and oxygen atoms in total. The number of amides is 1. The maximum absolute atomic E-state index is 12.1. The Bertz CT molecular complexity index is 531. The van der Waals surface area contributed by atoms with E-state index in [0.29, 0.717) is 12.6 Å². The van der Waals surface area contributed by atoms with Crippen LogP contribution >= 0.6 is 0 Å². The van der Waals surface area contributed by atoms with Gasteiger partial charge in [-0.15, -0.1) is 0 Å². The highest BCUT2D eigenvalue weighted by molar-refractivity contribution is 5.77. The molecular formula is C19H27NO3. The second-order valence-electron chi connectivity index (χ2n) is 7.02. The third-order valence-corrected chi connectivity index (χ3v) is 5.07. The quantitative estimate of drug-likeness (QED) is 0.846. The zero-order valence-electron chi connectivity index (χ0n) is 13.7. The van der Waals surface area contributed by atoms with Crippen LogP contribution in [0, 0.1) is 0 Å². The Hall–Kier alpha value is -1.55. The summed E-state index contributed by atoms with van der Waals surface area (Å²) in [4.78, 5) is 12.1. The smallest absolute Gasteiger partial charge is 0.223 e. The van der Waals surface area contributed by atoms with Gasteiger partial charge in [0.1, 0.15) is 5.75 Å². The first-order valence-electron chi connectivity index (χ1n) is 8.88. The average Bonchev–Trinajstić information content (AvgIpc) is 3.18. The van der Waals surface area contributed by atoms with Gasteiger partial charge in [0.15, 0.2) is 0 Å². The highest BCUT2D eigenvalue weighted by Crippen LogP contribution is 2.32. The van der Waals surface area contributed by atoms with Gasteiger partial charge in [0.05, 0.1) is 18.1 Å². The average molecular weight is 317 g/mol. The lowest BCUT2D eigenvalue weighted by molar-refractivity contribution is -0.126. The van der Waals surface area contributed by atoms with E-state index in [1.165, 1.54) is 12.8 Å². The van der Waals surface area contributed by atoms with Gasteiger partial charge >= 0.3 is 0 Å². The number of hydrogen-bond acceptors (Lipinski definition) is 3. The minimum Gasteiger partial charge on any atom is -0.490 e. The van der Waals surface area contributed by atoms with E-state index in [2.05, 4.69) is 5.32 Å². The van der Waals surface area contributed by atoms with Gasteiger partial charge in [0, 0.05) is 12.1 Å². The van der Waals surface area contributed by atoms with E-state index in [9.17, 15) is 9.90 Å². The van der Waals surface area contributed by atoms with E-state index >= 15 is 0 Å². The van der Waals surface area contributed by atoms with E-state index in [-0.39, 0.29) is 12.3 Å². The second-order valence-corrected chi connectivity index (χ2v) is 7.02. The summed E-state index contributed by atoms with van der Waals surface area (Å²) in [5.74, 6) is 0.796. The highest BCUT2D eigenvalue weighted by Gasteiger charge is 2.33. The lowest BCUT2D eigenvalue weighted by atomic mass is 9.97. The van der Waals surface area contributed by atoms with E-state index in [1.54, 1.807) is 0 Å². The third-order valence-electron chi connectivity index (χ3n) is 5.07. The molecule has 2 aliphatic carbocycles. The van der Waals surface area contributed by atoms with Crippen LogP contribution in [-0.4, -0.2) is 22.7 Å². The lowest BCUT2D eigenvalue weighted by Gasteiger charge is -2.21. The van der Waals surface area contributed by atoms with Crippen LogP contribution in [0.4, 0.5) is 0 Å².